The number of carboxylic acids is 1. The molecule has 0 amide bonds. The van der Waals surface area contributed by atoms with Crippen LogP contribution in [0.3, 0.4) is 0 Å². The normalized spacial score (nSPS) is 10.4. The van der Waals surface area contributed by atoms with Crippen LogP contribution in [0.15, 0.2) is 17.2 Å². The van der Waals surface area contributed by atoms with Crippen LogP contribution < -0.4 is 0 Å². The summed E-state index contributed by atoms with van der Waals surface area (Å²) >= 11 is 1.17. The van der Waals surface area contributed by atoms with E-state index >= 15 is 0 Å². The number of pyridine rings is 1. The molecular weight excluding hydrogens is 232 g/mol. The van der Waals surface area contributed by atoms with Crippen LogP contribution in [0.2, 0.25) is 0 Å². The number of aromatic nitrogens is 1. The van der Waals surface area contributed by atoms with Crippen molar-refractivity contribution in [2.45, 2.75) is 24.1 Å². The number of nitrogens with zero attached hydrogens (tertiary/aromatic N) is 2. The highest BCUT2D eigenvalue weighted by Crippen LogP contribution is 2.30. The number of nitro groups is 1. The summed E-state index contributed by atoms with van der Waals surface area (Å²) in [6, 6.07) is 2.30. The Hall–Kier alpha value is -1.63. The summed E-state index contributed by atoms with van der Waals surface area (Å²) in [6.45, 7) is 3.70. The van der Waals surface area contributed by atoms with E-state index in [1.54, 1.807) is 0 Å². The van der Waals surface area contributed by atoms with Crippen LogP contribution in [-0.2, 0) is 0 Å². The predicted octanol–water partition coefficient (Wildman–Crippen LogP) is 2.19. The average molecular weight is 242 g/mol. The van der Waals surface area contributed by atoms with E-state index in [0.29, 0.717) is 0 Å². The Labute approximate surface area is 95.8 Å². The van der Waals surface area contributed by atoms with Crippen LogP contribution in [0.25, 0.3) is 0 Å². The molecule has 7 heteroatoms. The van der Waals surface area contributed by atoms with Gasteiger partial charge >= 0.3 is 11.7 Å². The van der Waals surface area contributed by atoms with E-state index in [-0.39, 0.29) is 21.7 Å². The Morgan fingerprint density at radius 1 is 1.56 bits per heavy atom. The highest BCUT2D eigenvalue weighted by atomic mass is 32.2. The van der Waals surface area contributed by atoms with Crippen molar-refractivity contribution in [2.24, 2.45) is 0 Å². The molecule has 0 fully saturated rings. The number of hydrogen-bond acceptors (Lipinski definition) is 5. The van der Waals surface area contributed by atoms with Gasteiger partial charge in [-0.15, -0.1) is 0 Å². The Bertz CT molecular complexity index is 434. The Balaban J connectivity index is 3.21. The zero-order valence-electron chi connectivity index (χ0n) is 8.71. The fourth-order valence-electron chi connectivity index (χ4n) is 1.00. The molecule has 0 saturated heterocycles. The Morgan fingerprint density at radius 2 is 2.19 bits per heavy atom. The van der Waals surface area contributed by atoms with Crippen molar-refractivity contribution >= 4 is 23.4 Å². The lowest BCUT2D eigenvalue weighted by Gasteiger charge is -2.05. The topological polar surface area (TPSA) is 93.3 Å². The Morgan fingerprint density at radius 3 is 2.62 bits per heavy atom. The minimum Gasteiger partial charge on any atom is -0.477 e. The molecular formula is C9H10N2O4S. The summed E-state index contributed by atoms with van der Waals surface area (Å²) in [6.07, 6.45) is 0. The summed E-state index contributed by atoms with van der Waals surface area (Å²) < 4.78 is 0. The van der Waals surface area contributed by atoms with Crippen molar-refractivity contribution in [2.75, 3.05) is 0 Å². The molecule has 1 rings (SSSR count). The maximum absolute atomic E-state index is 10.7. The number of carbonyl (C=O) groups is 1. The van der Waals surface area contributed by atoms with Crippen molar-refractivity contribution in [3.05, 3.63) is 27.9 Å². The molecule has 1 N–H and O–H groups in total. The molecule has 0 saturated carbocycles. The van der Waals surface area contributed by atoms with Crippen LogP contribution in [0, 0.1) is 10.1 Å². The van der Waals surface area contributed by atoms with E-state index in [0.717, 1.165) is 6.07 Å². The number of rotatable bonds is 4. The lowest BCUT2D eigenvalue weighted by Crippen LogP contribution is -2.04. The average Bonchev–Trinajstić information content (AvgIpc) is 2.15. The van der Waals surface area contributed by atoms with E-state index in [1.165, 1.54) is 17.8 Å². The van der Waals surface area contributed by atoms with E-state index < -0.39 is 10.9 Å². The quantitative estimate of drug-likeness (QED) is 0.494. The third-order valence-corrected chi connectivity index (χ3v) is 2.60. The van der Waals surface area contributed by atoms with E-state index in [9.17, 15) is 14.9 Å². The fourth-order valence-corrected chi connectivity index (χ4v) is 1.86. The van der Waals surface area contributed by atoms with Gasteiger partial charge in [0.25, 0.3) is 0 Å². The van der Waals surface area contributed by atoms with Gasteiger partial charge in [0.1, 0.15) is 5.69 Å². The van der Waals surface area contributed by atoms with Gasteiger partial charge in [0.2, 0.25) is 0 Å². The molecule has 86 valence electrons. The second-order valence-electron chi connectivity index (χ2n) is 3.25. The molecule has 0 unspecified atom stereocenters. The third kappa shape index (κ3) is 2.93. The second-order valence-corrected chi connectivity index (χ2v) is 4.81. The third-order valence-electron chi connectivity index (χ3n) is 1.60. The lowest BCUT2D eigenvalue weighted by molar-refractivity contribution is -0.388. The van der Waals surface area contributed by atoms with Gasteiger partial charge in [-0.05, 0) is 6.07 Å². The molecule has 0 spiro atoms. The van der Waals surface area contributed by atoms with Crippen molar-refractivity contribution in [3.63, 3.8) is 0 Å². The van der Waals surface area contributed by atoms with Gasteiger partial charge in [0.05, 0.1) is 4.92 Å². The van der Waals surface area contributed by atoms with Crippen molar-refractivity contribution in [1.29, 1.82) is 0 Å². The van der Waals surface area contributed by atoms with E-state index in [1.807, 2.05) is 13.8 Å². The Kier molecular flexibility index (Phi) is 3.83. The number of thioether (sulfide) groups is 1. The molecule has 6 nitrogen and oxygen atoms in total. The first-order chi connectivity index (χ1) is 7.41. The van der Waals surface area contributed by atoms with Crippen LogP contribution >= 0.6 is 11.8 Å². The van der Waals surface area contributed by atoms with E-state index in [2.05, 4.69) is 4.98 Å². The van der Waals surface area contributed by atoms with Gasteiger partial charge in [-0.1, -0.05) is 25.6 Å². The predicted molar refractivity (Wildman–Crippen MR) is 58.8 cm³/mol. The second kappa shape index (κ2) is 4.93. The molecule has 0 atom stereocenters. The van der Waals surface area contributed by atoms with Crippen molar-refractivity contribution < 1.29 is 14.8 Å². The molecule has 0 aliphatic rings. The van der Waals surface area contributed by atoms with Crippen molar-refractivity contribution in [3.8, 4) is 0 Å². The highest BCUT2D eigenvalue weighted by Gasteiger charge is 2.19. The summed E-state index contributed by atoms with van der Waals surface area (Å²) in [7, 11) is 0. The zero-order valence-corrected chi connectivity index (χ0v) is 9.52. The van der Waals surface area contributed by atoms with E-state index in [4.69, 9.17) is 5.11 Å². The zero-order chi connectivity index (χ0) is 12.3. The first kappa shape index (κ1) is 12.4. The maximum atomic E-state index is 10.7. The number of aromatic carboxylic acids is 1. The molecule has 0 aliphatic carbocycles. The minimum absolute atomic E-state index is 0.0928. The van der Waals surface area contributed by atoms with Crippen molar-refractivity contribution in [1.82, 2.24) is 4.98 Å². The molecule has 0 bridgehead atoms. The van der Waals surface area contributed by atoms with Crippen LogP contribution in [-0.4, -0.2) is 26.2 Å². The molecule has 0 aliphatic heterocycles. The molecule has 1 heterocycles. The smallest absolute Gasteiger partial charge is 0.354 e. The maximum Gasteiger partial charge on any atom is 0.354 e. The van der Waals surface area contributed by atoms with Crippen LogP contribution in [0.1, 0.15) is 24.3 Å². The number of hydrogen-bond donors (Lipinski definition) is 1. The van der Waals surface area contributed by atoms with Gasteiger partial charge < -0.3 is 5.11 Å². The minimum atomic E-state index is -1.19. The van der Waals surface area contributed by atoms with Gasteiger partial charge in [-0.25, -0.2) is 9.78 Å². The van der Waals surface area contributed by atoms with Gasteiger partial charge in [-0.2, -0.15) is 0 Å². The van der Waals surface area contributed by atoms with Crippen LogP contribution in [0.4, 0.5) is 5.69 Å². The molecule has 16 heavy (non-hydrogen) atoms. The van der Waals surface area contributed by atoms with Gasteiger partial charge in [0, 0.05) is 11.3 Å². The summed E-state index contributed by atoms with van der Waals surface area (Å²) in [5.74, 6) is -1.19. The summed E-state index contributed by atoms with van der Waals surface area (Å²) in [5.41, 5.74) is -0.350. The highest BCUT2D eigenvalue weighted by molar-refractivity contribution is 7.99. The fraction of sp³-hybridized carbons (Fsp3) is 0.333. The summed E-state index contributed by atoms with van der Waals surface area (Å²) in [5, 5.41) is 19.7. The van der Waals surface area contributed by atoms with Gasteiger partial charge in [-0.3, -0.25) is 10.1 Å². The molecule has 0 aromatic carbocycles. The lowest BCUT2D eigenvalue weighted by atomic mass is 10.3. The largest absolute Gasteiger partial charge is 0.477 e. The molecule has 1 aromatic heterocycles. The molecule has 1 aromatic rings. The summed E-state index contributed by atoms with van der Waals surface area (Å²) in [4.78, 5) is 24.6. The van der Waals surface area contributed by atoms with Crippen LogP contribution in [0.5, 0.6) is 0 Å². The van der Waals surface area contributed by atoms with Gasteiger partial charge in [0.15, 0.2) is 5.03 Å². The first-order valence-corrected chi connectivity index (χ1v) is 5.35. The molecule has 0 radical (unpaired) electrons. The number of carboxylic acid groups (broad SMARTS) is 1. The monoisotopic (exact) mass is 242 g/mol. The standard InChI is InChI=1S/C9H10N2O4S/c1-5(2)16-8-7(11(14)15)4-3-6(10-8)9(12)13/h3-5H,1-2H3,(H,12,13). The first-order valence-electron chi connectivity index (χ1n) is 4.47. The SMILES string of the molecule is CC(C)Sc1nc(C(=O)O)ccc1[N+](=O)[O-].